The molecule has 2 fully saturated rings. The largest absolute Gasteiger partial charge is 0.273 e. The number of hydrogen-bond donors (Lipinski definition) is 1. The second-order valence-electron chi connectivity index (χ2n) is 5.86. The smallest absolute Gasteiger partial charge is 0.243 e. The summed E-state index contributed by atoms with van der Waals surface area (Å²) in [4.78, 5) is 16.1. The van der Waals surface area contributed by atoms with Gasteiger partial charge in [-0.25, -0.2) is 5.43 Å². The molecule has 0 aromatic carbocycles. The van der Waals surface area contributed by atoms with E-state index in [0.29, 0.717) is 11.8 Å². The molecule has 2 aliphatic rings. The van der Waals surface area contributed by atoms with Gasteiger partial charge in [-0.05, 0) is 42.4 Å². The highest BCUT2D eigenvalue weighted by Gasteiger charge is 2.53. The number of fused-ring (bicyclic) bond motifs is 1. The van der Waals surface area contributed by atoms with Gasteiger partial charge in [-0.2, -0.15) is 5.10 Å². The first kappa shape index (κ1) is 13.3. The zero-order chi connectivity index (χ0) is 13.8. The summed E-state index contributed by atoms with van der Waals surface area (Å²) < 4.78 is 0. The number of nitrogens with one attached hydrogen (secondary N) is 1. The Hall–Kier alpha value is -1.71. The molecule has 1 amide bonds. The highest BCUT2D eigenvalue weighted by Crippen LogP contribution is 2.53. The summed E-state index contributed by atoms with van der Waals surface area (Å²) in [6.07, 6.45) is 12.8. The fourth-order valence-electron chi connectivity index (χ4n) is 3.43. The molecule has 0 radical (unpaired) electrons. The van der Waals surface area contributed by atoms with Gasteiger partial charge in [0.1, 0.15) is 0 Å². The number of nitrogens with zero attached hydrogens (tertiary/aromatic N) is 2. The fraction of sp³-hybridized carbons (Fsp3) is 0.562. The van der Waals surface area contributed by atoms with Gasteiger partial charge < -0.3 is 0 Å². The van der Waals surface area contributed by atoms with Crippen LogP contribution in [0.5, 0.6) is 0 Å². The van der Waals surface area contributed by atoms with Crippen molar-refractivity contribution in [3.05, 3.63) is 30.1 Å². The molecule has 1 aromatic rings. The fourth-order valence-corrected chi connectivity index (χ4v) is 3.43. The van der Waals surface area contributed by atoms with Crippen LogP contribution in [0.15, 0.2) is 29.6 Å². The Balaban J connectivity index is 1.51. The number of aromatic nitrogens is 1. The van der Waals surface area contributed by atoms with Crippen molar-refractivity contribution in [2.45, 2.75) is 38.5 Å². The highest BCUT2D eigenvalue weighted by molar-refractivity contribution is 5.85. The van der Waals surface area contributed by atoms with Crippen LogP contribution in [0.4, 0.5) is 0 Å². The van der Waals surface area contributed by atoms with Crippen molar-refractivity contribution in [1.29, 1.82) is 0 Å². The maximum Gasteiger partial charge on any atom is 0.243 e. The van der Waals surface area contributed by atoms with Crippen LogP contribution >= 0.6 is 0 Å². The molecular formula is C16H21N3O. The van der Waals surface area contributed by atoms with Crippen molar-refractivity contribution in [3.8, 4) is 0 Å². The topological polar surface area (TPSA) is 54.4 Å². The quantitative estimate of drug-likeness (QED) is 0.679. The summed E-state index contributed by atoms with van der Waals surface area (Å²) >= 11 is 0. The minimum Gasteiger partial charge on any atom is -0.273 e. The van der Waals surface area contributed by atoms with Crippen LogP contribution in [-0.4, -0.2) is 17.1 Å². The van der Waals surface area contributed by atoms with Gasteiger partial charge in [0, 0.05) is 18.3 Å². The molecule has 2 unspecified atom stereocenters. The van der Waals surface area contributed by atoms with E-state index in [2.05, 4.69) is 15.5 Å². The second-order valence-corrected chi connectivity index (χ2v) is 5.86. The van der Waals surface area contributed by atoms with Crippen molar-refractivity contribution in [3.63, 3.8) is 0 Å². The molecule has 2 atom stereocenters. The standard InChI is InChI=1S/C16H21N3O/c20-16(19-18-11-12-7-9-17-10-8-12)15-13-5-3-1-2-4-6-14(13)15/h7-11,13-15H,1-6H2,(H,19,20)/b18-11-. The van der Waals surface area contributed by atoms with E-state index in [9.17, 15) is 4.79 Å². The molecule has 2 aliphatic carbocycles. The first-order chi connectivity index (χ1) is 9.86. The maximum atomic E-state index is 12.1. The van der Waals surface area contributed by atoms with Crippen LogP contribution in [0.2, 0.25) is 0 Å². The van der Waals surface area contributed by atoms with Gasteiger partial charge in [0.2, 0.25) is 5.91 Å². The van der Waals surface area contributed by atoms with Gasteiger partial charge in [-0.15, -0.1) is 0 Å². The summed E-state index contributed by atoms with van der Waals surface area (Å²) in [5.41, 5.74) is 3.65. The molecule has 0 saturated heterocycles. The summed E-state index contributed by atoms with van der Waals surface area (Å²) in [5.74, 6) is 1.55. The number of rotatable bonds is 3. The van der Waals surface area contributed by atoms with Gasteiger partial charge in [-0.1, -0.05) is 25.7 Å². The lowest BCUT2D eigenvalue weighted by atomic mass is 10.0. The molecule has 0 bridgehead atoms. The molecule has 1 N–H and O–H groups in total. The Morgan fingerprint density at radius 3 is 2.45 bits per heavy atom. The van der Waals surface area contributed by atoms with Gasteiger partial charge >= 0.3 is 0 Å². The Bertz CT molecular complexity index is 472. The Morgan fingerprint density at radius 1 is 1.15 bits per heavy atom. The SMILES string of the molecule is O=C(N/N=C\c1ccncc1)C1C2CCCCCCC21. The van der Waals surface area contributed by atoms with Gasteiger partial charge in [-0.3, -0.25) is 9.78 Å². The lowest BCUT2D eigenvalue weighted by Crippen LogP contribution is -2.21. The molecular weight excluding hydrogens is 250 g/mol. The monoisotopic (exact) mass is 271 g/mol. The number of hydrogen-bond acceptors (Lipinski definition) is 3. The minimum absolute atomic E-state index is 0.104. The van der Waals surface area contributed by atoms with Crippen molar-refractivity contribution in [2.24, 2.45) is 22.9 Å². The molecule has 2 saturated carbocycles. The first-order valence-electron chi connectivity index (χ1n) is 7.59. The van der Waals surface area contributed by atoms with E-state index in [0.717, 1.165) is 5.56 Å². The summed E-state index contributed by atoms with van der Waals surface area (Å²) in [7, 11) is 0. The third-order valence-electron chi connectivity index (χ3n) is 4.55. The van der Waals surface area contributed by atoms with Gasteiger partial charge in [0.15, 0.2) is 0 Å². The molecule has 1 aromatic heterocycles. The molecule has 0 spiro atoms. The van der Waals surface area contributed by atoms with Gasteiger partial charge in [0.25, 0.3) is 0 Å². The third kappa shape index (κ3) is 3.06. The van der Waals surface area contributed by atoms with Crippen molar-refractivity contribution < 1.29 is 4.79 Å². The van der Waals surface area contributed by atoms with E-state index in [1.54, 1.807) is 18.6 Å². The van der Waals surface area contributed by atoms with Crippen LogP contribution in [0.3, 0.4) is 0 Å². The van der Waals surface area contributed by atoms with Gasteiger partial charge in [0.05, 0.1) is 6.21 Å². The normalized spacial score (nSPS) is 29.3. The summed E-state index contributed by atoms with van der Waals surface area (Å²) in [6, 6.07) is 3.72. The molecule has 106 valence electrons. The first-order valence-corrected chi connectivity index (χ1v) is 7.59. The zero-order valence-electron chi connectivity index (χ0n) is 11.7. The van der Waals surface area contributed by atoms with E-state index in [1.807, 2.05) is 12.1 Å². The van der Waals surface area contributed by atoms with E-state index >= 15 is 0 Å². The molecule has 1 heterocycles. The minimum atomic E-state index is 0.104. The maximum absolute atomic E-state index is 12.1. The van der Waals surface area contributed by atoms with E-state index in [1.165, 1.54) is 38.5 Å². The average Bonchev–Trinajstić information content (AvgIpc) is 3.11. The van der Waals surface area contributed by atoms with Crippen LogP contribution < -0.4 is 5.43 Å². The van der Waals surface area contributed by atoms with E-state index < -0.39 is 0 Å². The average molecular weight is 271 g/mol. The number of carbonyl (C=O) groups is 1. The Labute approximate surface area is 119 Å². The zero-order valence-corrected chi connectivity index (χ0v) is 11.7. The van der Waals surface area contributed by atoms with Crippen LogP contribution in [-0.2, 0) is 4.79 Å². The summed E-state index contributed by atoms with van der Waals surface area (Å²) in [5, 5.41) is 4.06. The molecule has 4 nitrogen and oxygen atoms in total. The predicted octanol–water partition coefficient (Wildman–Crippen LogP) is 2.75. The van der Waals surface area contributed by atoms with Crippen molar-refractivity contribution >= 4 is 12.1 Å². The molecule has 20 heavy (non-hydrogen) atoms. The lowest BCUT2D eigenvalue weighted by Gasteiger charge is -2.04. The number of amides is 1. The molecule has 3 rings (SSSR count). The van der Waals surface area contributed by atoms with Crippen molar-refractivity contribution in [2.75, 3.05) is 0 Å². The lowest BCUT2D eigenvalue weighted by molar-refractivity contribution is -0.122. The Morgan fingerprint density at radius 2 is 1.80 bits per heavy atom. The number of pyridine rings is 1. The highest BCUT2D eigenvalue weighted by atomic mass is 16.2. The predicted molar refractivity (Wildman–Crippen MR) is 78.1 cm³/mol. The molecule has 0 aliphatic heterocycles. The third-order valence-corrected chi connectivity index (χ3v) is 4.55. The van der Waals surface area contributed by atoms with Crippen LogP contribution in [0.1, 0.15) is 44.1 Å². The van der Waals surface area contributed by atoms with E-state index in [-0.39, 0.29) is 11.8 Å². The second kappa shape index (κ2) is 6.16. The van der Waals surface area contributed by atoms with Crippen LogP contribution in [0, 0.1) is 17.8 Å². The van der Waals surface area contributed by atoms with Crippen molar-refractivity contribution in [1.82, 2.24) is 10.4 Å². The van der Waals surface area contributed by atoms with E-state index in [4.69, 9.17) is 0 Å². The molecule has 4 heteroatoms. The number of hydrazone groups is 1. The summed E-state index contributed by atoms with van der Waals surface area (Å²) in [6.45, 7) is 0. The number of carbonyl (C=O) groups excluding carboxylic acids is 1. The Kier molecular flexibility index (Phi) is 4.09. The van der Waals surface area contributed by atoms with Crippen LogP contribution in [0.25, 0.3) is 0 Å².